The molecule has 0 aromatic heterocycles. The first kappa shape index (κ1) is 11.2. The van der Waals surface area contributed by atoms with Crippen LogP contribution in [0, 0.1) is 5.92 Å². The first-order chi connectivity index (χ1) is 8.71. The van der Waals surface area contributed by atoms with E-state index in [4.69, 9.17) is 0 Å². The summed E-state index contributed by atoms with van der Waals surface area (Å²) in [5, 5.41) is 0. The van der Waals surface area contributed by atoms with Gasteiger partial charge in [-0.15, -0.1) is 0 Å². The van der Waals surface area contributed by atoms with Gasteiger partial charge in [-0.2, -0.15) is 0 Å². The Bertz CT molecular complexity index is 565. The summed E-state index contributed by atoms with van der Waals surface area (Å²) < 4.78 is 0. The van der Waals surface area contributed by atoms with Crippen LogP contribution in [0.5, 0.6) is 0 Å². The lowest BCUT2D eigenvalue weighted by atomic mass is 9.71. The fourth-order valence-electron chi connectivity index (χ4n) is 3.19. The van der Waals surface area contributed by atoms with Gasteiger partial charge in [0.1, 0.15) is 6.29 Å². The smallest absolute Gasteiger partial charge is 0.135 e. The fourth-order valence-corrected chi connectivity index (χ4v) is 3.19. The van der Waals surface area contributed by atoms with Crippen molar-refractivity contribution in [2.45, 2.75) is 19.3 Å². The highest BCUT2D eigenvalue weighted by molar-refractivity contribution is 5.92. The molecule has 0 fully saturated rings. The van der Waals surface area contributed by atoms with Gasteiger partial charge >= 0.3 is 0 Å². The van der Waals surface area contributed by atoms with Gasteiger partial charge in [-0.3, -0.25) is 0 Å². The van der Waals surface area contributed by atoms with Gasteiger partial charge in [0.05, 0.1) is 5.41 Å². The molecule has 1 nitrogen and oxygen atoms in total. The van der Waals surface area contributed by atoms with Crippen LogP contribution in [0.2, 0.25) is 0 Å². The molecule has 0 aliphatic heterocycles. The third-order valence-electron chi connectivity index (χ3n) is 4.13. The van der Waals surface area contributed by atoms with Crippen LogP contribution in [0.25, 0.3) is 11.1 Å². The standard InChI is InChI=1S/C17H16O/c1-12(2)17(11-18)15-9-5-3-7-13(15)14-8-4-6-10-16(14)17/h3-12H,1-2H3. The van der Waals surface area contributed by atoms with Gasteiger partial charge in [0, 0.05) is 0 Å². The summed E-state index contributed by atoms with van der Waals surface area (Å²) in [5.41, 5.74) is 4.22. The van der Waals surface area contributed by atoms with Crippen molar-refractivity contribution in [2.75, 3.05) is 0 Å². The number of aldehydes is 1. The lowest BCUT2D eigenvalue weighted by Gasteiger charge is -2.30. The van der Waals surface area contributed by atoms with Crippen molar-refractivity contribution >= 4 is 6.29 Å². The van der Waals surface area contributed by atoms with Crippen LogP contribution in [0.1, 0.15) is 25.0 Å². The van der Waals surface area contributed by atoms with E-state index in [1.807, 2.05) is 24.3 Å². The quantitative estimate of drug-likeness (QED) is 0.725. The number of benzene rings is 2. The van der Waals surface area contributed by atoms with E-state index in [1.54, 1.807) is 0 Å². The predicted molar refractivity (Wildman–Crippen MR) is 73.6 cm³/mol. The van der Waals surface area contributed by atoms with Crippen molar-refractivity contribution in [3.8, 4) is 11.1 Å². The predicted octanol–water partition coefficient (Wildman–Crippen LogP) is 3.81. The molecule has 0 amide bonds. The third-order valence-corrected chi connectivity index (χ3v) is 4.13. The van der Waals surface area contributed by atoms with E-state index in [0.29, 0.717) is 0 Å². The Morgan fingerprint density at radius 1 is 0.889 bits per heavy atom. The fraction of sp³-hybridized carbons (Fsp3) is 0.235. The van der Waals surface area contributed by atoms with Crippen LogP contribution in [-0.2, 0) is 10.2 Å². The second-order valence-corrected chi connectivity index (χ2v) is 5.23. The summed E-state index contributed by atoms with van der Waals surface area (Å²) in [6, 6.07) is 16.5. The molecule has 0 N–H and O–H groups in total. The van der Waals surface area contributed by atoms with Crippen LogP contribution in [0.3, 0.4) is 0 Å². The van der Waals surface area contributed by atoms with Crippen LogP contribution in [0.15, 0.2) is 48.5 Å². The van der Waals surface area contributed by atoms with E-state index >= 15 is 0 Å². The van der Waals surface area contributed by atoms with E-state index in [9.17, 15) is 4.79 Å². The average molecular weight is 236 g/mol. The molecule has 0 atom stereocenters. The molecule has 18 heavy (non-hydrogen) atoms. The zero-order valence-electron chi connectivity index (χ0n) is 10.7. The summed E-state index contributed by atoms with van der Waals surface area (Å²) in [5.74, 6) is 0.250. The third kappa shape index (κ3) is 1.19. The second-order valence-electron chi connectivity index (χ2n) is 5.23. The van der Waals surface area contributed by atoms with E-state index in [1.165, 1.54) is 11.1 Å². The van der Waals surface area contributed by atoms with Crippen LogP contribution in [-0.4, -0.2) is 6.29 Å². The zero-order valence-corrected chi connectivity index (χ0v) is 10.7. The lowest BCUT2D eigenvalue weighted by molar-refractivity contribution is -0.112. The largest absolute Gasteiger partial charge is 0.302 e. The first-order valence-electron chi connectivity index (χ1n) is 6.37. The Hall–Kier alpha value is -1.89. The van der Waals surface area contributed by atoms with Crippen molar-refractivity contribution in [1.29, 1.82) is 0 Å². The minimum Gasteiger partial charge on any atom is -0.302 e. The monoisotopic (exact) mass is 236 g/mol. The van der Waals surface area contributed by atoms with Gasteiger partial charge < -0.3 is 4.79 Å². The Morgan fingerprint density at radius 2 is 1.33 bits per heavy atom. The molecule has 0 spiro atoms. The number of carbonyl (C=O) groups is 1. The van der Waals surface area contributed by atoms with Gasteiger partial charge in [-0.25, -0.2) is 0 Å². The van der Waals surface area contributed by atoms with Gasteiger partial charge in [0.2, 0.25) is 0 Å². The molecular formula is C17H16O. The summed E-state index contributed by atoms with van der Waals surface area (Å²) in [7, 11) is 0. The summed E-state index contributed by atoms with van der Waals surface area (Å²) in [6.45, 7) is 4.24. The molecule has 2 aromatic rings. The minimum atomic E-state index is -0.479. The zero-order chi connectivity index (χ0) is 12.8. The number of hydrogen-bond acceptors (Lipinski definition) is 1. The molecule has 0 unspecified atom stereocenters. The van der Waals surface area contributed by atoms with Crippen LogP contribution < -0.4 is 0 Å². The maximum atomic E-state index is 11.9. The Morgan fingerprint density at radius 3 is 1.72 bits per heavy atom. The Labute approximate surface area is 107 Å². The highest BCUT2D eigenvalue weighted by Gasteiger charge is 2.45. The lowest BCUT2D eigenvalue weighted by Crippen LogP contribution is -2.33. The van der Waals surface area contributed by atoms with Crippen molar-refractivity contribution in [3.05, 3.63) is 59.7 Å². The molecule has 1 aliphatic carbocycles. The van der Waals surface area contributed by atoms with Crippen LogP contribution >= 0.6 is 0 Å². The normalized spacial score (nSPS) is 15.3. The molecule has 1 aliphatic rings. The molecule has 0 saturated heterocycles. The molecule has 0 heterocycles. The van der Waals surface area contributed by atoms with Crippen molar-refractivity contribution in [3.63, 3.8) is 0 Å². The number of rotatable bonds is 2. The molecule has 1 heteroatoms. The topological polar surface area (TPSA) is 17.1 Å². The number of carbonyl (C=O) groups excluding carboxylic acids is 1. The van der Waals surface area contributed by atoms with E-state index in [-0.39, 0.29) is 5.92 Å². The molecule has 90 valence electrons. The summed E-state index contributed by atoms with van der Waals surface area (Å²) in [6.07, 6.45) is 1.13. The molecule has 3 rings (SSSR count). The second kappa shape index (κ2) is 3.81. The molecule has 2 aromatic carbocycles. The number of hydrogen-bond donors (Lipinski definition) is 0. The highest BCUT2D eigenvalue weighted by atomic mass is 16.1. The molecule has 0 bridgehead atoms. The SMILES string of the molecule is CC(C)C1(C=O)c2ccccc2-c2ccccc21. The summed E-state index contributed by atoms with van der Waals surface area (Å²) in [4.78, 5) is 11.9. The van der Waals surface area contributed by atoms with Gasteiger partial charge in [-0.05, 0) is 28.2 Å². The van der Waals surface area contributed by atoms with Gasteiger partial charge in [0.25, 0.3) is 0 Å². The minimum absolute atomic E-state index is 0.250. The Kier molecular flexibility index (Phi) is 2.37. The maximum absolute atomic E-state index is 11.9. The van der Waals surface area contributed by atoms with Gasteiger partial charge in [0.15, 0.2) is 0 Å². The average Bonchev–Trinajstić information content (AvgIpc) is 2.70. The van der Waals surface area contributed by atoms with Crippen LogP contribution in [0.4, 0.5) is 0 Å². The maximum Gasteiger partial charge on any atom is 0.135 e. The van der Waals surface area contributed by atoms with Crippen molar-refractivity contribution in [2.24, 2.45) is 5.92 Å². The Balaban J connectivity index is 2.43. The van der Waals surface area contributed by atoms with Crippen molar-refractivity contribution in [1.82, 2.24) is 0 Å². The van der Waals surface area contributed by atoms with E-state index in [2.05, 4.69) is 38.1 Å². The van der Waals surface area contributed by atoms with E-state index < -0.39 is 5.41 Å². The van der Waals surface area contributed by atoms with E-state index in [0.717, 1.165) is 17.4 Å². The molecular weight excluding hydrogens is 220 g/mol. The summed E-state index contributed by atoms with van der Waals surface area (Å²) >= 11 is 0. The molecule has 0 saturated carbocycles. The van der Waals surface area contributed by atoms with Crippen molar-refractivity contribution < 1.29 is 4.79 Å². The van der Waals surface area contributed by atoms with Gasteiger partial charge in [-0.1, -0.05) is 62.4 Å². The molecule has 0 radical (unpaired) electrons. The highest BCUT2D eigenvalue weighted by Crippen LogP contribution is 2.51. The number of fused-ring (bicyclic) bond motifs is 3. The first-order valence-corrected chi connectivity index (χ1v) is 6.37.